The van der Waals surface area contributed by atoms with E-state index in [9.17, 15) is 8.42 Å². The van der Waals surface area contributed by atoms with Crippen LogP contribution >= 0.6 is 11.6 Å². The van der Waals surface area contributed by atoms with Crippen molar-refractivity contribution in [1.82, 2.24) is 15.2 Å². The van der Waals surface area contributed by atoms with Crippen molar-refractivity contribution in [3.63, 3.8) is 0 Å². The molecule has 0 saturated carbocycles. The summed E-state index contributed by atoms with van der Waals surface area (Å²) in [7, 11) is -3.77. The molecule has 0 amide bonds. The first-order valence-electron chi connectivity index (χ1n) is 7.87. The predicted octanol–water partition coefficient (Wildman–Crippen LogP) is 4.19. The molecule has 136 valence electrons. The van der Waals surface area contributed by atoms with E-state index in [1.165, 1.54) is 12.3 Å². The lowest BCUT2D eigenvalue weighted by Gasteiger charge is -2.05. The summed E-state index contributed by atoms with van der Waals surface area (Å²) in [5, 5.41) is 8.49. The second-order valence-electron chi connectivity index (χ2n) is 5.64. The van der Waals surface area contributed by atoms with Gasteiger partial charge >= 0.3 is 0 Å². The number of anilines is 1. The Morgan fingerprint density at radius 2 is 1.67 bits per heavy atom. The van der Waals surface area contributed by atoms with Crippen LogP contribution in [0.1, 0.15) is 0 Å². The van der Waals surface area contributed by atoms with Crippen molar-refractivity contribution >= 4 is 27.3 Å². The Morgan fingerprint density at radius 3 is 2.41 bits per heavy atom. The van der Waals surface area contributed by atoms with E-state index in [-0.39, 0.29) is 10.8 Å². The Hall–Kier alpha value is -3.10. The number of hydrogen-bond acceptors (Lipinski definition) is 5. The quantitative estimate of drug-likeness (QED) is 0.523. The minimum absolute atomic E-state index is 0.0481. The number of halogens is 1. The molecule has 2 N–H and O–H groups in total. The number of hydrogen-bond donors (Lipinski definition) is 2. The summed E-state index contributed by atoms with van der Waals surface area (Å²) in [5.74, 6) is 0.547. The summed E-state index contributed by atoms with van der Waals surface area (Å²) in [6, 6.07) is 17.1. The number of H-pyrrole nitrogens is 1. The third kappa shape index (κ3) is 3.71. The van der Waals surface area contributed by atoms with Gasteiger partial charge in [0.15, 0.2) is 0 Å². The fraction of sp³-hybridized carbons (Fsp3) is 0. The highest BCUT2D eigenvalue weighted by atomic mass is 35.5. The Balaban J connectivity index is 1.58. The van der Waals surface area contributed by atoms with Crippen LogP contribution < -0.4 is 4.72 Å². The molecular formula is C18H13ClN4O3S. The number of sulfonamides is 1. The van der Waals surface area contributed by atoms with Crippen LogP contribution in [0.15, 0.2) is 76.2 Å². The molecule has 0 fully saturated rings. The Labute approximate surface area is 160 Å². The zero-order valence-electron chi connectivity index (χ0n) is 13.8. The maximum absolute atomic E-state index is 12.5. The van der Waals surface area contributed by atoms with E-state index < -0.39 is 10.0 Å². The molecule has 2 aromatic heterocycles. The zero-order valence-corrected chi connectivity index (χ0v) is 15.3. The normalized spacial score (nSPS) is 11.4. The van der Waals surface area contributed by atoms with E-state index in [1.54, 1.807) is 24.3 Å². The lowest BCUT2D eigenvalue weighted by molar-refractivity contribution is 0.582. The van der Waals surface area contributed by atoms with Crippen molar-refractivity contribution in [2.24, 2.45) is 0 Å². The summed E-state index contributed by atoms with van der Waals surface area (Å²) in [4.78, 5) is 2.90. The van der Waals surface area contributed by atoms with Gasteiger partial charge in [-0.05, 0) is 42.5 Å². The minimum atomic E-state index is -3.77. The molecule has 27 heavy (non-hydrogen) atoms. The summed E-state index contributed by atoms with van der Waals surface area (Å²) >= 11 is 5.81. The molecule has 7 nitrogen and oxygen atoms in total. The van der Waals surface area contributed by atoms with Gasteiger partial charge in [-0.1, -0.05) is 29.8 Å². The van der Waals surface area contributed by atoms with Crippen LogP contribution in [0.25, 0.3) is 23.0 Å². The van der Waals surface area contributed by atoms with Crippen LogP contribution in [0.2, 0.25) is 5.02 Å². The van der Waals surface area contributed by atoms with Gasteiger partial charge in [-0.2, -0.15) is 0 Å². The van der Waals surface area contributed by atoms with Crippen LogP contribution in [-0.2, 0) is 10.0 Å². The van der Waals surface area contributed by atoms with Gasteiger partial charge in [-0.3, -0.25) is 4.72 Å². The van der Waals surface area contributed by atoms with E-state index >= 15 is 0 Å². The Bertz CT molecular complexity index is 1170. The van der Waals surface area contributed by atoms with Gasteiger partial charge in [0.25, 0.3) is 15.9 Å². The van der Waals surface area contributed by atoms with Crippen molar-refractivity contribution in [3.8, 4) is 23.0 Å². The van der Waals surface area contributed by atoms with Crippen molar-refractivity contribution in [2.75, 3.05) is 4.72 Å². The van der Waals surface area contributed by atoms with Gasteiger partial charge < -0.3 is 9.40 Å². The van der Waals surface area contributed by atoms with Crippen LogP contribution in [0.5, 0.6) is 0 Å². The third-order valence-electron chi connectivity index (χ3n) is 3.74. The number of rotatable bonds is 5. The maximum Gasteiger partial charge on any atom is 0.264 e. The predicted molar refractivity (Wildman–Crippen MR) is 102 cm³/mol. The SMILES string of the molecule is O=S(=O)(Nc1ccc(Cl)cc1)c1c[nH]c(-c2nnc(-c3ccccc3)o2)c1. The largest absolute Gasteiger partial charge is 0.415 e. The van der Waals surface area contributed by atoms with Gasteiger partial charge in [-0.25, -0.2) is 8.42 Å². The van der Waals surface area contributed by atoms with Crippen molar-refractivity contribution < 1.29 is 12.8 Å². The molecule has 2 heterocycles. The highest BCUT2D eigenvalue weighted by molar-refractivity contribution is 7.92. The maximum atomic E-state index is 12.5. The van der Waals surface area contributed by atoms with Crippen LogP contribution in [0, 0.1) is 0 Å². The average molecular weight is 401 g/mol. The van der Waals surface area contributed by atoms with Gasteiger partial charge in [0.1, 0.15) is 10.6 Å². The number of nitrogens with one attached hydrogen (secondary N) is 2. The topological polar surface area (TPSA) is 101 Å². The smallest absolute Gasteiger partial charge is 0.264 e. The summed E-state index contributed by atoms with van der Waals surface area (Å²) in [6.07, 6.45) is 1.36. The Morgan fingerprint density at radius 1 is 0.963 bits per heavy atom. The average Bonchev–Trinajstić information content (AvgIpc) is 3.34. The fourth-order valence-electron chi connectivity index (χ4n) is 2.41. The third-order valence-corrected chi connectivity index (χ3v) is 5.35. The molecule has 0 saturated heterocycles. The van der Waals surface area contributed by atoms with Crippen molar-refractivity contribution in [1.29, 1.82) is 0 Å². The lowest BCUT2D eigenvalue weighted by atomic mass is 10.2. The van der Waals surface area contributed by atoms with Crippen LogP contribution in [0.4, 0.5) is 5.69 Å². The molecule has 0 aliphatic carbocycles. The number of aromatic nitrogens is 3. The molecule has 0 bridgehead atoms. The molecule has 0 aliphatic heterocycles. The standard InChI is InChI=1S/C18H13ClN4O3S/c19-13-6-8-14(9-7-13)23-27(24,25)15-10-16(20-11-15)18-22-21-17(26-18)12-4-2-1-3-5-12/h1-11,20,23H. The summed E-state index contributed by atoms with van der Waals surface area (Å²) in [6.45, 7) is 0. The molecule has 4 aromatic rings. The highest BCUT2D eigenvalue weighted by Crippen LogP contribution is 2.25. The molecule has 0 atom stereocenters. The number of benzene rings is 2. The zero-order chi connectivity index (χ0) is 18.9. The number of aromatic amines is 1. The van der Waals surface area contributed by atoms with Gasteiger partial charge in [0.2, 0.25) is 5.89 Å². The lowest BCUT2D eigenvalue weighted by Crippen LogP contribution is -2.11. The van der Waals surface area contributed by atoms with Crippen molar-refractivity contribution in [3.05, 3.63) is 71.9 Å². The highest BCUT2D eigenvalue weighted by Gasteiger charge is 2.19. The molecule has 0 aliphatic rings. The molecule has 4 rings (SSSR count). The first-order chi connectivity index (χ1) is 13.0. The van der Waals surface area contributed by atoms with Gasteiger partial charge in [-0.15, -0.1) is 10.2 Å². The summed E-state index contributed by atoms with van der Waals surface area (Å²) in [5.41, 5.74) is 1.59. The minimum Gasteiger partial charge on any atom is -0.415 e. The van der Waals surface area contributed by atoms with Gasteiger partial charge in [0, 0.05) is 22.5 Å². The van der Waals surface area contributed by atoms with Crippen molar-refractivity contribution in [2.45, 2.75) is 4.90 Å². The van der Waals surface area contributed by atoms with E-state index in [4.69, 9.17) is 16.0 Å². The van der Waals surface area contributed by atoms with Gasteiger partial charge in [0.05, 0.1) is 0 Å². The second kappa shape index (κ2) is 6.90. The van der Waals surface area contributed by atoms with E-state index in [0.717, 1.165) is 5.56 Å². The molecule has 0 unspecified atom stereocenters. The summed E-state index contributed by atoms with van der Waals surface area (Å²) < 4.78 is 33.2. The fourth-order valence-corrected chi connectivity index (χ4v) is 3.59. The molecule has 2 aromatic carbocycles. The van der Waals surface area contributed by atoms with E-state index in [0.29, 0.717) is 22.3 Å². The molecule has 0 radical (unpaired) electrons. The van der Waals surface area contributed by atoms with Crippen LogP contribution in [-0.4, -0.2) is 23.6 Å². The molecular weight excluding hydrogens is 388 g/mol. The van der Waals surface area contributed by atoms with Crippen LogP contribution in [0.3, 0.4) is 0 Å². The Kier molecular flexibility index (Phi) is 4.43. The molecule has 0 spiro atoms. The second-order valence-corrected chi connectivity index (χ2v) is 7.76. The first-order valence-corrected chi connectivity index (χ1v) is 9.73. The monoisotopic (exact) mass is 400 g/mol. The molecule has 9 heteroatoms. The van der Waals surface area contributed by atoms with E-state index in [1.807, 2.05) is 30.3 Å². The van der Waals surface area contributed by atoms with E-state index in [2.05, 4.69) is 19.9 Å². The first kappa shape index (κ1) is 17.3. The number of nitrogens with zero attached hydrogens (tertiary/aromatic N) is 2.